The molecule has 5 nitrogen and oxygen atoms in total. The standard InChI is InChI=1S/C15H21FN2O3/c1-4-15(5-2,9-17)14(20)18-12-7-6-10(16)8-11(12)13(19)21-3/h6-8H,4-5,9,17H2,1-3H3,(H,18,20). The third-order valence-corrected chi connectivity index (χ3v) is 3.86. The Balaban J connectivity index is 3.13. The van der Waals surface area contributed by atoms with Crippen molar-refractivity contribution in [2.45, 2.75) is 26.7 Å². The van der Waals surface area contributed by atoms with Gasteiger partial charge in [0.1, 0.15) is 5.82 Å². The molecule has 0 aromatic heterocycles. The van der Waals surface area contributed by atoms with Gasteiger partial charge in [-0.2, -0.15) is 0 Å². The van der Waals surface area contributed by atoms with E-state index >= 15 is 0 Å². The van der Waals surface area contributed by atoms with Gasteiger partial charge in [0, 0.05) is 6.54 Å². The van der Waals surface area contributed by atoms with Crippen molar-refractivity contribution < 1.29 is 18.7 Å². The summed E-state index contributed by atoms with van der Waals surface area (Å²) in [6.45, 7) is 3.95. The van der Waals surface area contributed by atoms with Crippen LogP contribution in [0.2, 0.25) is 0 Å². The van der Waals surface area contributed by atoms with E-state index < -0.39 is 17.2 Å². The monoisotopic (exact) mass is 296 g/mol. The van der Waals surface area contributed by atoms with Crippen molar-refractivity contribution in [3.05, 3.63) is 29.6 Å². The summed E-state index contributed by atoms with van der Waals surface area (Å²) in [6.07, 6.45) is 1.14. The third kappa shape index (κ3) is 3.58. The normalized spacial score (nSPS) is 11.1. The molecule has 0 saturated carbocycles. The van der Waals surface area contributed by atoms with Gasteiger partial charge in [-0.3, -0.25) is 4.79 Å². The van der Waals surface area contributed by atoms with Crippen LogP contribution in [0.4, 0.5) is 10.1 Å². The number of carbonyl (C=O) groups excluding carboxylic acids is 2. The Morgan fingerprint density at radius 2 is 1.95 bits per heavy atom. The molecule has 21 heavy (non-hydrogen) atoms. The van der Waals surface area contributed by atoms with Crippen LogP contribution in [0, 0.1) is 11.2 Å². The number of hydrogen-bond donors (Lipinski definition) is 2. The zero-order valence-corrected chi connectivity index (χ0v) is 12.5. The molecule has 1 aromatic rings. The zero-order chi connectivity index (χ0) is 16.0. The molecule has 116 valence electrons. The lowest BCUT2D eigenvalue weighted by Gasteiger charge is -2.28. The van der Waals surface area contributed by atoms with Crippen molar-refractivity contribution in [2.75, 3.05) is 19.0 Å². The van der Waals surface area contributed by atoms with E-state index in [0.29, 0.717) is 12.8 Å². The molecule has 0 unspecified atom stereocenters. The molecule has 0 aliphatic carbocycles. The van der Waals surface area contributed by atoms with E-state index in [0.717, 1.165) is 6.07 Å². The summed E-state index contributed by atoms with van der Waals surface area (Å²) in [4.78, 5) is 24.1. The second-order valence-electron chi connectivity index (χ2n) is 4.83. The fourth-order valence-corrected chi connectivity index (χ4v) is 2.11. The lowest BCUT2D eigenvalue weighted by atomic mass is 9.81. The topological polar surface area (TPSA) is 81.4 Å². The number of rotatable bonds is 6. The van der Waals surface area contributed by atoms with Crippen LogP contribution in [0.25, 0.3) is 0 Å². The summed E-state index contributed by atoms with van der Waals surface area (Å²) in [7, 11) is 1.20. The Morgan fingerprint density at radius 3 is 2.43 bits per heavy atom. The van der Waals surface area contributed by atoms with Crippen molar-refractivity contribution in [2.24, 2.45) is 11.1 Å². The zero-order valence-electron chi connectivity index (χ0n) is 12.5. The van der Waals surface area contributed by atoms with E-state index in [9.17, 15) is 14.0 Å². The highest BCUT2D eigenvalue weighted by atomic mass is 19.1. The second kappa shape index (κ2) is 7.17. The number of anilines is 1. The summed E-state index contributed by atoms with van der Waals surface area (Å²) in [5.74, 6) is -1.58. The van der Waals surface area contributed by atoms with Gasteiger partial charge >= 0.3 is 5.97 Å². The van der Waals surface area contributed by atoms with Crippen molar-refractivity contribution in [1.29, 1.82) is 0 Å². The van der Waals surface area contributed by atoms with Crippen molar-refractivity contribution in [3.8, 4) is 0 Å². The second-order valence-corrected chi connectivity index (χ2v) is 4.83. The van der Waals surface area contributed by atoms with E-state index in [1.807, 2.05) is 13.8 Å². The van der Waals surface area contributed by atoms with Gasteiger partial charge in [0.2, 0.25) is 5.91 Å². The van der Waals surface area contributed by atoms with Crippen LogP contribution in [-0.2, 0) is 9.53 Å². The van der Waals surface area contributed by atoms with Gasteiger partial charge in [0.05, 0.1) is 23.8 Å². The van der Waals surface area contributed by atoms with Crippen LogP contribution < -0.4 is 11.1 Å². The number of ether oxygens (including phenoxy) is 1. The number of carbonyl (C=O) groups is 2. The highest BCUT2D eigenvalue weighted by molar-refractivity contribution is 6.03. The number of methoxy groups -OCH3 is 1. The van der Waals surface area contributed by atoms with E-state index in [1.54, 1.807) is 0 Å². The summed E-state index contributed by atoms with van der Waals surface area (Å²) < 4.78 is 17.9. The van der Waals surface area contributed by atoms with Gasteiger partial charge in [-0.05, 0) is 31.0 Å². The first kappa shape index (κ1) is 17.1. The number of nitrogens with one attached hydrogen (secondary N) is 1. The predicted molar refractivity (Wildman–Crippen MR) is 78.4 cm³/mol. The highest BCUT2D eigenvalue weighted by Gasteiger charge is 2.34. The van der Waals surface area contributed by atoms with Gasteiger partial charge < -0.3 is 15.8 Å². The lowest BCUT2D eigenvalue weighted by Crippen LogP contribution is -2.41. The Kier molecular flexibility index (Phi) is 5.84. The number of hydrogen-bond acceptors (Lipinski definition) is 4. The summed E-state index contributed by atoms with van der Waals surface area (Å²) in [6, 6.07) is 3.54. The molecule has 0 aliphatic rings. The Labute approximate surface area is 123 Å². The smallest absolute Gasteiger partial charge is 0.340 e. The maximum absolute atomic E-state index is 13.3. The molecule has 6 heteroatoms. The number of esters is 1. The van der Waals surface area contributed by atoms with Gasteiger partial charge in [-0.15, -0.1) is 0 Å². The van der Waals surface area contributed by atoms with Gasteiger partial charge in [0.25, 0.3) is 0 Å². The molecule has 1 aromatic carbocycles. The Hall–Kier alpha value is -1.95. The van der Waals surface area contributed by atoms with Crippen LogP contribution in [0.3, 0.4) is 0 Å². The van der Waals surface area contributed by atoms with E-state index in [1.165, 1.54) is 19.2 Å². The molecular weight excluding hydrogens is 275 g/mol. The molecule has 0 aliphatic heterocycles. The quantitative estimate of drug-likeness (QED) is 0.789. The Morgan fingerprint density at radius 1 is 1.33 bits per heavy atom. The maximum Gasteiger partial charge on any atom is 0.340 e. The van der Waals surface area contributed by atoms with Crippen LogP contribution >= 0.6 is 0 Å². The lowest BCUT2D eigenvalue weighted by molar-refractivity contribution is -0.125. The van der Waals surface area contributed by atoms with Crippen LogP contribution in [0.1, 0.15) is 37.0 Å². The largest absolute Gasteiger partial charge is 0.465 e. The predicted octanol–water partition coefficient (Wildman–Crippen LogP) is 2.32. The first-order chi connectivity index (χ1) is 9.93. The molecule has 0 spiro atoms. The van der Waals surface area contributed by atoms with Gasteiger partial charge in [-0.1, -0.05) is 13.8 Å². The van der Waals surface area contributed by atoms with Crippen LogP contribution in [0.15, 0.2) is 18.2 Å². The average molecular weight is 296 g/mol. The van der Waals surface area contributed by atoms with Crippen LogP contribution in [0.5, 0.6) is 0 Å². The molecule has 0 atom stereocenters. The molecule has 1 rings (SSSR count). The number of nitrogens with two attached hydrogens (primary N) is 1. The molecular formula is C15H21FN2O3. The number of benzene rings is 1. The van der Waals surface area contributed by atoms with Gasteiger partial charge in [0.15, 0.2) is 0 Å². The number of amides is 1. The molecule has 3 N–H and O–H groups in total. The molecule has 0 heterocycles. The minimum Gasteiger partial charge on any atom is -0.465 e. The fourth-order valence-electron chi connectivity index (χ4n) is 2.11. The van der Waals surface area contributed by atoms with E-state index in [-0.39, 0.29) is 23.7 Å². The molecule has 0 radical (unpaired) electrons. The van der Waals surface area contributed by atoms with Gasteiger partial charge in [-0.25, -0.2) is 9.18 Å². The third-order valence-electron chi connectivity index (χ3n) is 3.86. The van der Waals surface area contributed by atoms with Crippen LogP contribution in [-0.4, -0.2) is 25.5 Å². The fraction of sp³-hybridized carbons (Fsp3) is 0.467. The molecule has 0 bridgehead atoms. The molecule has 1 amide bonds. The minimum absolute atomic E-state index is 0.0241. The van der Waals surface area contributed by atoms with Crippen molar-refractivity contribution >= 4 is 17.6 Å². The molecule has 0 fully saturated rings. The maximum atomic E-state index is 13.3. The minimum atomic E-state index is -0.712. The van der Waals surface area contributed by atoms with Crippen molar-refractivity contribution in [1.82, 2.24) is 0 Å². The molecule has 0 saturated heterocycles. The van der Waals surface area contributed by atoms with Crippen molar-refractivity contribution in [3.63, 3.8) is 0 Å². The average Bonchev–Trinajstić information content (AvgIpc) is 2.50. The summed E-state index contributed by atoms with van der Waals surface area (Å²) in [5.41, 5.74) is 5.20. The van der Waals surface area contributed by atoms with E-state index in [2.05, 4.69) is 10.1 Å². The first-order valence-corrected chi connectivity index (χ1v) is 6.83. The Bertz CT molecular complexity index is 519. The number of halogens is 1. The SMILES string of the molecule is CCC(CC)(CN)C(=O)Nc1ccc(F)cc1C(=O)OC. The highest BCUT2D eigenvalue weighted by Crippen LogP contribution is 2.28. The van der Waals surface area contributed by atoms with E-state index in [4.69, 9.17) is 5.73 Å². The first-order valence-electron chi connectivity index (χ1n) is 6.83. The summed E-state index contributed by atoms with van der Waals surface area (Å²) in [5, 5.41) is 2.66. The summed E-state index contributed by atoms with van der Waals surface area (Å²) >= 11 is 0.